The van der Waals surface area contributed by atoms with Gasteiger partial charge < -0.3 is 9.64 Å². The number of fused-ring (bicyclic) bond motifs is 4. The monoisotopic (exact) mass is 473 g/mol. The zero-order valence-electron chi connectivity index (χ0n) is 20.1. The summed E-state index contributed by atoms with van der Waals surface area (Å²) in [5.41, 5.74) is 5.45. The Kier molecular flexibility index (Phi) is 5.40. The summed E-state index contributed by atoms with van der Waals surface area (Å²) in [5.74, 6) is 0.0544. The van der Waals surface area contributed by atoms with Crippen LogP contribution in [0.25, 0.3) is 0 Å². The van der Waals surface area contributed by atoms with Gasteiger partial charge in [-0.15, -0.1) is 0 Å². The number of nitrogens with zero attached hydrogens (tertiary/aromatic N) is 2. The van der Waals surface area contributed by atoms with Crippen molar-refractivity contribution in [3.8, 4) is 5.75 Å². The van der Waals surface area contributed by atoms with Gasteiger partial charge in [0.25, 0.3) is 5.91 Å². The van der Waals surface area contributed by atoms with Gasteiger partial charge in [-0.1, -0.05) is 35.9 Å². The molecule has 35 heavy (non-hydrogen) atoms. The summed E-state index contributed by atoms with van der Waals surface area (Å²) in [6, 6.07) is 12.2. The molecule has 0 bridgehead atoms. The summed E-state index contributed by atoms with van der Waals surface area (Å²) in [7, 11) is 0. The fourth-order valence-corrected chi connectivity index (χ4v) is 6.29. The van der Waals surface area contributed by atoms with E-state index in [1.807, 2.05) is 6.07 Å². The number of piperidine rings is 2. The molecule has 7 heteroatoms. The lowest BCUT2D eigenvalue weighted by Gasteiger charge is -2.45. The van der Waals surface area contributed by atoms with Gasteiger partial charge in [0.2, 0.25) is 11.8 Å². The number of likely N-dealkylation sites (tertiary alicyclic amines) is 1. The fourth-order valence-electron chi connectivity index (χ4n) is 6.29. The van der Waals surface area contributed by atoms with Crippen molar-refractivity contribution in [2.45, 2.75) is 63.6 Å². The largest absolute Gasteiger partial charge is 0.493 e. The first kappa shape index (κ1) is 22.3. The molecule has 0 aromatic heterocycles. The van der Waals surface area contributed by atoms with Crippen LogP contribution in [0.3, 0.4) is 0 Å². The van der Waals surface area contributed by atoms with E-state index in [0.29, 0.717) is 25.1 Å². The number of amides is 3. The van der Waals surface area contributed by atoms with Gasteiger partial charge in [-0.2, -0.15) is 0 Å². The van der Waals surface area contributed by atoms with Crippen molar-refractivity contribution in [1.82, 2.24) is 15.1 Å². The quantitative estimate of drug-likeness (QED) is 0.694. The number of aryl methyl sites for hydroxylation is 1. The molecule has 7 nitrogen and oxygen atoms in total. The van der Waals surface area contributed by atoms with Crippen LogP contribution < -0.4 is 10.1 Å². The molecule has 2 aromatic rings. The van der Waals surface area contributed by atoms with Gasteiger partial charge >= 0.3 is 0 Å². The summed E-state index contributed by atoms with van der Waals surface area (Å²) < 4.78 is 6.21. The Morgan fingerprint density at radius 2 is 1.80 bits per heavy atom. The minimum absolute atomic E-state index is 0.0670. The van der Waals surface area contributed by atoms with Crippen LogP contribution in [0, 0.1) is 6.92 Å². The maximum Gasteiger partial charge on any atom is 0.255 e. The topological polar surface area (TPSA) is 79.0 Å². The molecule has 1 N–H and O–H groups in total. The van der Waals surface area contributed by atoms with Crippen LogP contribution in [0.2, 0.25) is 0 Å². The number of imide groups is 1. The van der Waals surface area contributed by atoms with Gasteiger partial charge in [0.05, 0.1) is 13.2 Å². The van der Waals surface area contributed by atoms with Crippen molar-refractivity contribution in [2.24, 2.45) is 0 Å². The Morgan fingerprint density at radius 3 is 2.54 bits per heavy atom. The Bertz CT molecular complexity index is 1200. The van der Waals surface area contributed by atoms with Gasteiger partial charge in [0.1, 0.15) is 11.8 Å². The fraction of sp³-hybridized carbons (Fsp3) is 0.464. The van der Waals surface area contributed by atoms with Crippen molar-refractivity contribution in [2.75, 3.05) is 19.7 Å². The van der Waals surface area contributed by atoms with Crippen LogP contribution in [-0.2, 0) is 28.1 Å². The van der Waals surface area contributed by atoms with Crippen molar-refractivity contribution < 1.29 is 19.1 Å². The lowest BCUT2D eigenvalue weighted by Crippen LogP contribution is -2.52. The second-order valence-electron chi connectivity index (χ2n) is 10.5. The van der Waals surface area contributed by atoms with Crippen LogP contribution in [-0.4, -0.2) is 53.3 Å². The highest BCUT2D eigenvalue weighted by atomic mass is 16.5. The summed E-state index contributed by atoms with van der Waals surface area (Å²) in [6.45, 7) is 6.16. The van der Waals surface area contributed by atoms with E-state index in [1.54, 1.807) is 4.90 Å². The number of carbonyl (C=O) groups excluding carboxylic acids is 3. The van der Waals surface area contributed by atoms with Crippen molar-refractivity contribution in [3.63, 3.8) is 0 Å². The zero-order chi connectivity index (χ0) is 24.2. The van der Waals surface area contributed by atoms with Gasteiger partial charge in [0.15, 0.2) is 0 Å². The second-order valence-corrected chi connectivity index (χ2v) is 10.5. The number of hydrogen-bond acceptors (Lipinski definition) is 5. The van der Waals surface area contributed by atoms with E-state index in [0.717, 1.165) is 50.2 Å². The molecule has 1 atom stereocenters. The Balaban J connectivity index is 1.22. The average Bonchev–Trinajstić information content (AvgIpc) is 3.19. The van der Waals surface area contributed by atoms with Crippen molar-refractivity contribution in [3.05, 3.63) is 64.2 Å². The van der Waals surface area contributed by atoms with E-state index in [-0.39, 0.29) is 29.6 Å². The first-order valence-corrected chi connectivity index (χ1v) is 12.7. The van der Waals surface area contributed by atoms with Crippen molar-refractivity contribution in [1.29, 1.82) is 0 Å². The van der Waals surface area contributed by atoms with E-state index >= 15 is 0 Å². The molecule has 182 valence electrons. The number of hydrogen-bond donors (Lipinski definition) is 1. The minimum atomic E-state index is -0.606. The van der Waals surface area contributed by atoms with E-state index in [2.05, 4.69) is 47.5 Å². The number of carbonyl (C=O) groups is 3. The summed E-state index contributed by atoms with van der Waals surface area (Å²) in [6.07, 6.45) is 3.75. The predicted molar refractivity (Wildman–Crippen MR) is 130 cm³/mol. The molecule has 2 aromatic carbocycles. The number of nitrogens with one attached hydrogen (secondary N) is 1. The van der Waals surface area contributed by atoms with Crippen molar-refractivity contribution >= 4 is 17.7 Å². The summed E-state index contributed by atoms with van der Waals surface area (Å²) in [5, 5.41) is 2.38. The molecule has 6 rings (SSSR count). The molecule has 4 aliphatic heterocycles. The highest BCUT2D eigenvalue weighted by molar-refractivity contribution is 6.05. The first-order valence-electron chi connectivity index (χ1n) is 12.7. The van der Waals surface area contributed by atoms with Gasteiger partial charge in [-0.3, -0.25) is 24.6 Å². The second kappa shape index (κ2) is 8.48. The SMILES string of the molecule is Cc1ccc(CN2CCC3(CCOc4c3ccc3c4CN(C4CCC(=O)NC4=O)C3=O)CC2)cc1. The van der Waals surface area contributed by atoms with E-state index in [9.17, 15) is 14.4 Å². The Hall–Kier alpha value is -3.19. The molecule has 4 heterocycles. The van der Waals surface area contributed by atoms with Gasteiger partial charge in [-0.05, 0) is 57.3 Å². The maximum absolute atomic E-state index is 13.2. The predicted octanol–water partition coefficient (Wildman–Crippen LogP) is 3.07. The van der Waals surface area contributed by atoms with E-state index in [4.69, 9.17) is 4.74 Å². The van der Waals surface area contributed by atoms with Crippen LogP contribution in [0.1, 0.15) is 64.7 Å². The van der Waals surface area contributed by atoms with Gasteiger partial charge in [0, 0.05) is 35.1 Å². The number of rotatable bonds is 3. The third kappa shape index (κ3) is 3.82. The molecule has 3 amide bonds. The molecule has 1 spiro atoms. The third-order valence-corrected chi connectivity index (χ3v) is 8.40. The Labute approximate surface area is 205 Å². The van der Waals surface area contributed by atoms with Crippen LogP contribution >= 0.6 is 0 Å². The maximum atomic E-state index is 13.2. The summed E-state index contributed by atoms with van der Waals surface area (Å²) in [4.78, 5) is 41.4. The van der Waals surface area contributed by atoms with Crippen LogP contribution in [0.4, 0.5) is 0 Å². The first-order chi connectivity index (χ1) is 16.9. The lowest BCUT2D eigenvalue weighted by molar-refractivity contribution is -0.136. The molecule has 0 saturated carbocycles. The molecule has 0 radical (unpaired) electrons. The van der Waals surface area contributed by atoms with E-state index in [1.165, 1.54) is 16.7 Å². The average molecular weight is 474 g/mol. The molecular weight excluding hydrogens is 442 g/mol. The molecule has 2 fully saturated rings. The highest BCUT2D eigenvalue weighted by Crippen LogP contribution is 2.49. The molecule has 4 aliphatic rings. The summed E-state index contributed by atoms with van der Waals surface area (Å²) >= 11 is 0. The molecule has 1 unspecified atom stereocenters. The van der Waals surface area contributed by atoms with Crippen LogP contribution in [0.15, 0.2) is 36.4 Å². The minimum Gasteiger partial charge on any atom is -0.493 e. The van der Waals surface area contributed by atoms with Gasteiger partial charge in [-0.25, -0.2) is 0 Å². The van der Waals surface area contributed by atoms with E-state index < -0.39 is 6.04 Å². The Morgan fingerprint density at radius 1 is 1.03 bits per heavy atom. The molecule has 0 aliphatic carbocycles. The normalized spacial score (nSPS) is 23.6. The lowest BCUT2D eigenvalue weighted by atomic mass is 9.68. The molecular formula is C28H31N3O4. The third-order valence-electron chi connectivity index (χ3n) is 8.40. The standard InChI is InChI=1S/C28H31N3O4/c1-18-2-4-19(5-3-18)16-30-13-10-28(11-14-30)12-15-35-25-21-17-31(23-8-9-24(32)29-26(23)33)27(34)20(21)6-7-22(25)28/h2-7,23H,8-17H2,1H3,(H,29,32,33). The smallest absolute Gasteiger partial charge is 0.255 e. The highest BCUT2D eigenvalue weighted by Gasteiger charge is 2.45. The number of ether oxygens (including phenoxy) is 1. The number of benzene rings is 2. The van der Waals surface area contributed by atoms with Crippen LogP contribution in [0.5, 0.6) is 5.75 Å². The molecule has 2 saturated heterocycles. The zero-order valence-corrected chi connectivity index (χ0v) is 20.1.